The second-order valence-corrected chi connectivity index (χ2v) is 5.08. The van der Waals surface area contributed by atoms with Crippen molar-refractivity contribution in [3.63, 3.8) is 0 Å². The largest absolute Gasteiger partial charge is 0.329 e. The van der Waals surface area contributed by atoms with Gasteiger partial charge in [-0.15, -0.1) is 11.8 Å². The lowest BCUT2D eigenvalue weighted by Gasteiger charge is -2.26. The highest BCUT2D eigenvalue weighted by Gasteiger charge is 2.08. The summed E-state index contributed by atoms with van der Waals surface area (Å²) >= 11 is 1.79. The lowest BCUT2D eigenvalue weighted by atomic mass is 10.2. The monoisotopic (exact) mass is 238 g/mol. The maximum atomic E-state index is 5.63. The van der Waals surface area contributed by atoms with E-state index in [0.29, 0.717) is 6.04 Å². The van der Waals surface area contributed by atoms with Gasteiger partial charge in [0.05, 0.1) is 0 Å². The van der Waals surface area contributed by atoms with Crippen molar-refractivity contribution in [2.75, 3.05) is 19.3 Å². The molecule has 0 saturated carbocycles. The van der Waals surface area contributed by atoms with E-state index in [2.05, 4.69) is 49.3 Å². The summed E-state index contributed by atoms with van der Waals surface area (Å²) in [7, 11) is 0. The van der Waals surface area contributed by atoms with Crippen LogP contribution in [0, 0.1) is 0 Å². The van der Waals surface area contributed by atoms with Crippen LogP contribution in [0.15, 0.2) is 29.2 Å². The fourth-order valence-corrected chi connectivity index (χ4v) is 2.17. The van der Waals surface area contributed by atoms with Crippen LogP contribution >= 0.6 is 11.8 Å². The average molecular weight is 238 g/mol. The van der Waals surface area contributed by atoms with Crippen LogP contribution < -0.4 is 5.73 Å². The first-order valence-corrected chi connectivity index (χ1v) is 6.97. The zero-order chi connectivity index (χ0) is 12.0. The summed E-state index contributed by atoms with van der Waals surface area (Å²) in [5.74, 6) is 0. The molecule has 3 heteroatoms. The Labute approximate surface area is 103 Å². The normalized spacial score (nSPS) is 11.4. The van der Waals surface area contributed by atoms with Gasteiger partial charge in [0.1, 0.15) is 0 Å². The third-order valence-electron chi connectivity index (χ3n) is 2.67. The van der Waals surface area contributed by atoms with E-state index in [1.807, 2.05) is 0 Å². The Morgan fingerprint density at radius 2 is 2.12 bits per heavy atom. The van der Waals surface area contributed by atoms with E-state index < -0.39 is 0 Å². The Morgan fingerprint density at radius 1 is 1.38 bits per heavy atom. The Balaban J connectivity index is 2.68. The molecule has 0 aliphatic rings. The van der Waals surface area contributed by atoms with E-state index >= 15 is 0 Å². The van der Waals surface area contributed by atoms with Crippen LogP contribution in [0.3, 0.4) is 0 Å². The fourth-order valence-electron chi connectivity index (χ4n) is 1.69. The van der Waals surface area contributed by atoms with Gasteiger partial charge in [-0.3, -0.25) is 4.90 Å². The Bertz CT molecular complexity index is 313. The zero-order valence-electron chi connectivity index (χ0n) is 10.4. The van der Waals surface area contributed by atoms with Crippen molar-refractivity contribution in [3.8, 4) is 0 Å². The minimum absolute atomic E-state index is 0.543. The highest BCUT2D eigenvalue weighted by atomic mass is 32.2. The number of hydrogen-bond acceptors (Lipinski definition) is 3. The second-order valence-electron chi connectivity index (χ2n) is 4.20. The predicted molar refractivity (Wildman–Crippen MR) is 72.8 cm³/mol. The third kappa shape index (κ3) is 4.16. The number of nitrogens with zero attached hydrogens (tertiary/aromatic N) is 1. The molecule has 1 aromatic rings. The number of thioether (sulfide) groups is 1. The number of nitrogens with two attached hydrogens (primary N) is 1. The summed E-state index contributed by atoms with van der Waals surface area (Å²) in [6.45, 7) is 7.10. The number of benzene rings is 1. The highest BCUT2D eigenvalue weighted by Crippen LogP contribution is 2.17. The zero-order valence-corrected chi connectivity index (χ0v) is 11.3. The van der Waals surface area contributed by atoms with Crippen molar-refractivity contribution in [2.45, 2.75) is 31.3 Å². The van der Waals surface area contributed by atoms with Gasteiger partial charge in [-0.25, -0.2) is 0 Å². The molecule has 2 nitrogen and oxygen atoms in total. The first-order valence-electron chi connectivity index (χ1n) is 5.74. The molecule has 0 atom stereocenters. The van der Waals surface area contributed by atoms with Crippen molar-refractivity contribution in [3.05, 3.63) is 29.8 Å². The molecular weight excluding hydrogens is 216 g/mol. The second kappa shape index (κ2) is 6.94. The van der Waals surface area contributed by atoms with Crippen molar-refractivity contribution in [1.82, 2.24) is 4.90 Å². The van der Waals surface area contributed by atoms with Gasteiger partial charge in [0.25, 0.3) is 0 Å². The van der Waals surface area contributed by atoms with Gasteiger partial charge in [0.2, 0.25) is 0 Å². The molecule has 0 aliphatic carbocycles. The van der Waals surface area contributed by atoms with Gasteiger partial charge in [-0.2, -0.15) is 0 Å². The van der Waals surface area contributed by atoms with Crippen molar-refractivity contribution in [2.24, 2.45) is 5.73 Å². The van der Waals surface area contributed by atoms with E-state index in [1.54, 1.807) is 11.8 Å². The topological polar surface area (TPSA) is 29.3 Å². The molecule has 0 heterocycles. The maximum Gasteiger partial charge on any atom is 0.0237 e. The van der Waals surface area contributed by atoms with Crippen LogP contribution in [0.4, 0.5) is 0 Å². The molecule has 0 radical (unpaired) electrons. The summed E-state index contributed by atoms with van der Waals surface area (Å²) in [6.07, 6.45) is 2.11. The lowest BCUT2D eigenvalue weighted by molar-refractivity contribution is 0.219. The van der Waals surface area contributed by atoms with Crippen molar-refractivity contribution >= 4 is 11.8 Å². The van der Waals surface area contributed by atoms with E-state index in [0.717, 1.165) is 19.6 Å². The standard InChI is InChI=1S/C13H22N2S/c1-11(2)15(8-7-14)10-12-5-4-6-13(9-12)16-3/h4-6,9,11H,7-8,10,14H2,1-3H3. The average Bonchev–Trinajstić information content (AvgIpc) is 2.28. The Kier molecular flexibility index (Phi) is 5.88. The summed E-state index contributed by atoms with van der Waals surface area (Å²) in [5, 5.41) is 0. The minimum atomic E-state index is 0.543. The van der Waals surface area contributed by atoms with Crippen LogP contribution in [0.5, 0.6) is 0 Å². The maximum absolute atomic E-state index is 5.63. The van der Waals surface area contributed by atoms with Gasteiger partial charge < -0.3 is 5.73 Å². The SMILES string of the molecule is CSc1cccc(CN(CCN)C(C)C)c1. The molecule has 0 unspecified atom stereocenters. The Morgan fingerprint density at radius 3 is 2.69 bits per heavy atom. The van der Waals surface area contributed by atoms with Crippen molar-refractivity contribution in [1.29, 1.82) is 0 Å². The van der Waals surface area contributed by atoms with E-state index in [1.165, 1.54) is 10.5 Å². The summed E-state index contributed by atoms with van der Waals surface area (Å²) < 4.78 is 0. The fraction of sp³-hybridized carbons (Fsp3) is 0.538. The minimum Gasteiger partial charge on any atom is -0.329 e. The van der Waals surface area contributed by atoms with E-state index in [9.17, 15) is 0 Å². The number of hydrogen-bond donors (Lipinski definition) is 1. The van der Waals surface area contributed by atoms with Crippen molar-refractivity contribution < 1.29 is 0 Å². The summed E-state index contributed by atoms with van der Waals surface area (Å²) in [4.78, 5) is 3.73. The molecule has 0 aliphatic heterocycles. The van der Waals surface area contributed by atoms with Crippen LogP contribution in [0.25, 0.3) is 0 Å². The van der Waals surface area contributed by atoms with Crippen LogP contribution in [-0.4, -0.2) is 30.3 Å². The van der Waals surface area contributed by atoms with Gasteiger partial charge >= 0.3 is 0 Å². The highest BCUT2D eigenvalue weighted by molar-refractivity contribution is 7.98. The third-order valence-corrected chi connectivity index (χ3v) is 3.39. The quantitative estimate of drug-likeness (QED) is 0.772. The molecule has 0 amide bonds. The lowest BCUT2D eigenvalue weighted by Crippen LogP contribution is -2.34. The first-order chi connectivity index (χ1) is 7.67. The smallest absolute Gasteiger partial charge is 0.0237 e. The van der Waals surface area contributed by atoms with Crippen LogP contribution in [0.1, 0.15) is 19.4 Å². The molecule has 90 valence electrons. The molecule has 1 aromatic carbocycles. The van der Waals surface area contributed by atoms with Gasteiger partial charge in [0.15, 0.2) is 0 Å². The van der Waals surface area contributed by atoms with Crippen LogP contribution in [0.2, 0.25) is 0 Å². The Hall–Kier alpha value is -0.510. The van der Waals surface area contributed by atoms with Gasteiger partial charge in [0, 0.05) is 30.6 Å². The van der Waals surface area contributed by atoms with Gasteiger partial charge in [-0.05, 0) is 37.8 Å². The number of rotatable bonds is 6. The molecular formula is C13H22N2S. The molecule has 0 aromatic heterocycles. The predicted octanol–water partition coefficient (Wildman–Crippen LogP) is 2.58. The molecule has 0 spiro atoms. The first kappa shape index (κ1) is 13.6. The molecule has 2 N–H and O–H groups in total. The molecule has 0 fully saturated rings. The molecule has 1 rings (SSSR count). The molecule has 0 saturated heterocycles. The molecule has 0 bridgehead atoms. The van der Waals surface area contributed by atoms with E-state index in [-0.39, 0.29) is 0 Å². The van der Waals surface area contributed by atoms with E-state index in [4.69, 9.17) is 5.73 Å². The molecule has 16 heavy (non-hydrogen) atoms. The van der Waals surface area contributed by atoms with Crippen LogP contribution in [-0.2, 0) is 6.54 Å². The van der Waals surface area contributed by atoms with Gasteiger partial charge in [-0.1, -0.05) is 12.1 Å². The summed E-state index contributed by atoms with van der Waals surface area (Å²) in [6, 6.07) is 9.27. The summed E-state index contributed by atoms with van der Waals surface area (Å²) in [5.41, 5.74) is 7.00.